The lowest BCUT2D eigenvalue weighted by Crippen LogP contribution is -2.08. The zero-order valence-corrected chi connectivity index (χ0v) is 8.64. The Morgan fingerprint density at radius 2 is 2.12 bits per heavy atom. The maximum absolute atomic E-state index is 11.1. The van der Waals surface area contributed by atoms with Gasteiger partial charge in [-0.2, -0.15) is 0 Å². The molecule has 1 aromatic carbocycles. The van der Waals surface area contributed by atoms with Gasteiger partial charge in [0.1, 0.15) is 11.3 Å². The maximum Gasteiger partial charge on any atom is 0.339 e. The molecule has 5 nitrogen and oxygen atoms in total. The summed E-state index contributed by atoms with van der Waals surface area (Å²) < 4.78 is 4.84. The van der Waals surface area contributed by atoms with Crippen LogP contribution in [0.3, 0.4) is 0 Å². The second-order valence-electron chi connectivity index (χ2n) is 2.98. The van der Waals surface area contributed by atoms with Crippen molar-refractivity contribution < 1.29 is 19.4 Å². The summed E-state index contributed by atoms with van der Waals surface area (Å²) in [6, 6.07) is 4.05. The Morgan fingerprint density at radius 3 is 2.69 bits per heavy atom. The monoisotopic (exact) mass is 221 g/mol. The number of hydrogen-bond donors (Lipinski definition) is 2. The van der Waals surface area contributed by atoms with E-state index < -0.39 is 11.9 Å². The van der Waals surface area contributed by atoms with Crippen LogP contribution in [0, 0.1) is 0 Å². The van der Waals surface area contributed by atoms with Gasteiger partial charge in [0.15, 0.2) is 0 Å². The first-order valence-electron chi connectivity index (χ1n) is 4.52. The van der Waals surface area contributed by atoms with Crippen molar-refractivity contribution in [3.05, 3.63) is 35.9 Å². The molecule has 0 saturated heterocycles. The number of carboxylic acid groups (broad SMARTS) is 1. The first-order chi connectivity index (χ1) is 7.54. The lowest BCUT2D eigenvalue weighted by atomic mass is 10.2. The van der Waals surface area contributed by atoms with Gasteiger partial charge in [-0.25, -0.2) is 9.59 Å². The number of esters is 1. The van der Waals surface area contributed by atoms with E-state index in [0.29, 0.717) is 5.69 Å². The third-order valence-electron chi connectivity index (χ3n) is 1.75. The summed E-state index contributed by atoms with van der Waals surface area (Å²) in [4.78, 5) is 22.0. The lowest BCUT2D eigenvalue weighted by Gasteiger charge is -2.06. The predicted molar refractivity (Wildman–Crippen MR) is 58.3 cm³/mol. The fourth-order valence-electron chi connectivity index (χ4n) is 1.08. The first-order valence-corrected chi connectivity index (χ1v) is 4.52. The van der Waals surface area contributed by atoms with Gasteiger partial charge in [-0.15, -0.1) is 0 Å². The van der Waals surface area contributed by atoms with Crippen molar-refractivity contribution in [2.24, 2.45) is 0 Å². The van der Waals surface area contributed by atoms with Crippen molar-refractivity contribution in [1.29, 1.82) is 0 Å². The molecule has 0 atom stereocenters. The number of carboxylic acids is 1. The smallest absolute Gasteiger partial charge is 0.339 e. The van der Waals surface area contributed by atoms with Gasteiger partial charge in [-0.1, -0.05) is 6.08 Å². The molecule has 16 heavy (non-hydrogen) atoms. The van der Waals surface area contributed by atoms with Gasteiger partial charge in [0.25, 0.3) is 0 Å². The topological polar surface area (TPSA) is 89.6 Å². The molecule has 0 spiro atoms. The van der Waals surface area contributed by atoms with Crippen LogP contribution < -0.4 is 10.5 Å². The molecule has 0 radical (unpaired) electrons. The molecule has 1 rings (SSSR count). The quantitative estimate of drug-likeness (QED) is 0.349. The average Bonchev–Trinajstić information content (AvgIpc) is 2.20. The molecule has 1 aromatic rings. The van der Waals surface area contributed by atoms with Gasteiger partial charge in [-0.05, 0) is 25.1 Å². The van der Waals surface area contributed by atoms with Crippen molar-refractivity contribution in [3.63, 3.8) is 0 Å². The van der Waals surface area contributed by atoms with Gasteiger partial charge < -0.3 is 15.6 Å². The van der Waals surface area contributed by atoms with Crippen LogP contribution >= 0.6 is 0 Å². The Kier molecular flexibility index (Phi) is 3.66. The number of anilines is 1. The Balaban J connectivity index is 3.04. The summed E-state index contributed by atoms with van der Waals surface area (Å²) in [6.45, 7) is 1.66. The number of benzene rings is 1. The van der Waals surface area contributed by atoms with Gasteiger partial charge in [0.05, 0.1) is 0 Å². The number of carbonyl (C=O) groups excluding carboxylic acids is 1. The van der Waals surface area contributed by atoms with Crippen LogP contribution in [0.15, 0.2) is 30.4 Å². The third-order valence-corrected chi connectivity index (χ3v) is 1.75. The number of ether oxygens (including phenoxy) is 1. The molecular formula is C11H11NO4. The standard InChI is InChI=1S/C11H11NO4/c1-2-3-10(13)16-9-5-4-7(12)6-8(9)11(14)15/h2-6H,12H2,1H3,(H,14,15). The highest BCUT2D eigenvalue weighted by molar-refractivity contribution is 5.94. The van der Waals surface area contributed by atoms with Crippen molar-refractivity contribution in [3.8, 4) is 5.75 Å². The van der Waals surface area contributed by atoms with Gasteiger partial charge in [0.2, 0.25) is 0 Å². The molecule has 0 unspecified atom stereocenters. The molecule has 0 aliphatic heterocycles. The minimum Gasteiger partial charge on any atom is -0.478 e. The van der Waals surface area contributed by atoms with E-state index in [-0.39, 0.29) is 11.3 Å². The number of rotatable bonds is 3. The second-order valence-corrected chi connectivity index (χ2v) is 2.98. The first kappa shape index (κ1) is 11.8. The molecule has 3 N–H and O–H groups in total. The third kappa shape index (κ3) is 2.84. The van der Waals surface area contributed by atoms with Crippen LogP contribution in [0.25, 0.3) is 0 Å². The summed E-state index contributed by atoms with van der Waals surface area (Å²) in [5.41, 5.74) is 5.59. The summed E-state index contributed by atoms with van der Waals surface area (Å²) in [7, 11) is 0. The molecule has 0 aliphatic rings. The molecule has 0 aliphatic carbocycles. The normalized spacial score (nSPS) is 10.3. The van der Waals surface area contributed by atoms with Gasteiger partial charge >= 0.3 is 11.9 Å². The van der Waals surface area contributed by atoms with Crippen molar-refractivity contribution >= 4 is 17.6 Å². The highest BCUT2D eigenvalue weighted by Gasteiger charge is 2.13. The molecule has 0 saturated carbocycles. The number of hydrogen-bond acceptors (Lipinski definition) is 4. The lowest BCUT2D eigenvalue weighted by molar-refractivity contribution is -0.129. The minimum atomic E-state index is -1.20. The number of aromatic carboxylic acids is 1. The number of allylic oxidation sites excluding steroid dienone is 1. The van der Waals surface area contributed by atoms with E-state index in [2.05, 4.69) is 0 Å². The molecular weight excluding hydrogens is 210 g/mol. The van der Waals surface area contributed by atoms with E-state index in [1.165, 1.54) is 30.4 Å². The predicted octanol–water partition coefficient (Wildman–Crippen LogP) is 1.45. The van der Waals surface area contributed by atoms with E-state index >= 15 is 0 Å². The van der Waals surface area contributed by atoms with Crippen LogP contribution in [-0.2, 0) is 4.79 Å². The number of nitrogen functional groups attached to an aromatic ring is 1. The number of nitrogens with two attached hydrogens (primary N) is 1. The highest BCUT2D eigenvalue weighted by Crippen LogP contribution is 2.21. The van der Waals surface area contributed by atoms with Gasteiger partial charge in [-0.3, -0.25) is 0 Å². The average molecular weight is 221 g/mol. The van der Waals surface area contributed by atoms with Crippen LogP contribution in [0.2, 0.25) is 0 Å². The van der Waals surface area contributed by atoms with Crippen LogP contribution in [0.1, 0.15) is 17.3 Å². The van der Waals surface area contributed by atoms with E-state index in [9.17, 15) is 9.59 Å². The Labute approximate surface area is 92.1 Å². The summed E-state index contributed by atoms with van der Waals surface area (Å²) >= 11 is 0. The van der Waals surface area contributed by atoms with E-state index in [1.807, 2.05) is 0 Å². The maximum atomic E-state index is 11.1. The Hall–Kier alpha value is -2.30. The largest absolute Gasteiger partial charge is 0.478 e. The Bertz CT molecular complexity index is 451. The fraction of sp³-hybridized carbons (Fsp3) is 0.0909. The van der Waals surface area contributed by atoms with Crippen LogP contribution in [0.4, 0.5) is 5.69 Å². The molecule has 0 bridgehead atoms. The summed E-state index contributed by atoms with van der Waals surface area (Å²) in [6.07, 6.45) is 2.70. The molecule has 0 amide bonds. The zero-order valence-electron chi connectivity index (χ0n) is 8.64. The number of carbonyl (C=O) groups is 2. The fourth-order valence-corrected chi connectivity index (χ4v) is 1.08. The van der Waals surface area contributed by atoms with Crippen LogP contribution in [-0.4, -0.2) is 17.0 Å². The summed E-state index contributed by atoms with van der Waals surface area (Å²) in [5.74, 6) is -1.85. The minimum absolute atomic E-state index is 0.0233. The SMILES string of the molecule is CC=CC(=O)Oc1ccc(N)cc1C(=O)O. The van der Waals surface area contributed by atoms with E-state index in [0.717, 1.165) is 0 Å². The van der Waals surface area contributed by atoms with E-state index in [4.69, 9.17) is 15.6 Å². The van der Waals surface area contributed by atoms with Gasteiger partial charge in [0, 0.05) is 11.8 Å². The molecule has 0 heterocycles. The zero-order chi connectivity index (χ0) is 12.1. The molecule has 0 aromatic heterocycles. The highest BCUT2D eigenvalue weighted by atomic mass is 16.5. The second kappa shape index (κ2) is 4.97. The molecule has 0 fully saturated rings. The van der Waals surface area contributed by atoms with Crippen molar-refractivity contribution in [1.82, 2.24) is 0 Å². The summed E-state index contributed by atoms with van der Waals surface area (Å²) in [5, 5.41) is 8.87. The molecule has 84 valence electrons. The van der Waals surface area contributed by atoms with Crippen molar-refractivity contribution in [2.75, 3.05) is 5.73 Å². The Morgan fingerprint density at radius 1 is 1.44 bits per heavy atom. The van der Waals surface area contributed by atoms with Crippen molar-refractivity contribution in [2.45, 2.75) is 6.92 Å². The van der Waals surface area contributed by atoms with E-state index in [1.54, 1.807) is 6.92 Å². The molecule has 5 heteroatoms. The van der Waals surface area contributed by atoms with Crippen LogP contribution in [0.5, 0.6) is 5.75 Å².